The molecule has 1 aromatic heterocycles. The molecule has 0 atom stereocenters. The topological polar surface area (TPSA) is 33.4 Å². The maximum atomic E-state index is 8.53. The number of aliphatic hydroxyl groups is 1. The molecule has 0 fully saturated rings. The molecule has 0 radical (unpaired) electrons. The Bertz CT molecular complexity index is 220. The lowest BCUT2D eigenvalue weighted by atomic mass is 10.5. The molecule has 2 nitrogen and oxygen atoms in total. The van der Waals surface area contributed by atoms with Gasteiger partial charge in [0.25, 0.3) is 0 Å². The van der Waals surface area contributed by atoms with Crippen molar-refractivity contribution in [3.8, 4) is 0 Å². The third-order valence-corrected chi connectivity index (χ3v) is 2.55. The first-order chi connectivity index (χ1) is 5.83. The molecule has 12 heavy (non-hydrogen) atoms. The summed E-state index contributed by atoms with van der Waals surface area (Å²) in [4.78, 5) is 0. The van der Waals surface area contributed by atoms with E-state index in [1.54, 1.807) is 11.8 Å². The first-order valence-electron chi connectivity index (χ1n) is 4.07. The summed E-state index contributed by atoms with van der Waals surface area (Å²) in [6.07, 6.45) is 0.865. The van der Waals surface area contributed by atoms with Crippen LogP contribution in [0.4, 0.5) is 0 Å². The van der Waals surface area contributed by atoms with Gasteiger partial charge in [0.05, 0.1) is 5.75 Å². The number of furan rings is 1. The van der Waals surface area contributed by atoms with Gasteiger partial charge in [0.1, 0.15) is 11.5 Å². The van der Waals surface area contributed by atoms with Crippen LogP contribution in [0.1, 0.15) is 17.9 Å². The second-order valence-corrected chi connectivity index (χ2v) is 3.75. The molecule has 1 N–H and O–H groups in total. The number of aliphatic hydroxyl groups excluding tert-OH is 1. The van der Waals surface area contributed by atoms with Crippen LogP contribution in [0.15, 0.2) is 16.5 Å². The summed E-state index contributed by atoms with van der Waals surface area (Å²) in [6, 6.07) is 3.98. The van der Waals surface area contributed by atoms with Gasteiger partial charge in [0.15, 0.2) is 0 Å². The van der Waals surface area contributed by atoms with Crippen molar-refractivity contribution in [3.05, 3.63) is 23.7 Å². The van der Waals surface area contributed by atoms with E-state index in [4.69, 9.17) is 9.52 Å². The van der Waals surface area contributed by atoms with Crippen LogP contribution in [-0.4, -0.2) is 17.5 Å². The maximum Gasteiger partial charge on any atom is 0.114 e. The molecule has 1 aromatic rings. The van der Waals surface area contributed by atoms with Crippen LogP contribution in [0, 0.1) is 6.92 Å². The van der Waals surface area contributed by atoms with Crippen molar-refractivity contribution >= 4 is 11.8 Å². The van der Waals surface area contributed by atoms with Crippen molar-refractivity contribution in [1.82, 2.24) is 0 Å². The van der Waals surface area contributed by atoms with E-state index in [2.05, 4.69) is 0 Å². The smallest absolute Gasteiger partial charge is 0.114 e. The Kier molecular flexibility index (Phi) is 4.25. The van der Waals surface area contributed by atoms with E-state index in [1.165, 1.54) is 0 Å². The van der Waals surface area contributed by atoms with Gasteiger partial charge in [-0.15, -0.1) is 0 Å². The van der Waals surface area contributed by atoms with Gasteiger partial charge in [-0.3, -0.25) is 0 Å². The lowest BCUT2D eigenvalue weighted by molar-refractivity contribution is 0.296. The van der Waals surface area contributed by atoms with Crippen LogP contribution in [0.2, 0.25) is 0 Å². The molecule has 0 aromatic carbocycles. The normalized spacial score (nSPS) is 10.5. The standard InChI is InChI=1S/C9H14O2S/c1-8-3-4-9(11-8)7-12-6-2-5-10/h3-4,10H,2,5-7H2,1H3. The van der Waals surface area contributed by atoms with Crippen molar-refractivity contribution in [2.24, 2.45) is 0 Å². The van der Waals surface area contributed by atoms with Gasteiger partial charge in [-0.05, 0) is 31.2 Å². The second kappa shape index (κ2) is 5.27. The molecule has 0 aliphatic carbocycles. The van der Waals surface area contributed by atoms with E-state index in [0.29, 0.717) is 0 Å². The van der Waals surface area contributed by atoms with Crippen molar-refractivity contribution in [3.63, 3.8) is 0 Å². The maximum absolute atomic E-state index is 8.53. The summed E-state index contributed by atoms with van der Waals surface area (Å²) in [7, 11) is 0. The van der Waals surface area contributed by atoms with Crippen LogP contribution in [0.3, 0.4) is 0 Å². The average molecular weight is 186 g/mol. The monoisotopic (exact) mass is 186 g/mol. The van der Waals surface area contributed by atoms with E-state index in [1.807, 2.05) is 19.1 Å². The summed E-state index contributed by atoms with van der Waals surface area (Å²) in [5.41, 5.74) is 0. The summed E-state index contributed by atoms with van der Waals surface area (Å²) >= 11 is 1.79. The molecule has 0 spiro atoms. The number of thioether (sulfide) groups is 1. The van der Waals surface area contributed by atoms with Crippen LogP contribution < -0.4 is 0 Å². The minimum Gasteiger partial charge on any atom is -0.466 e. The average Bonchev–Trinajstić information content (AvgIpc) is 2.45. The van der Waals surface area contributed by atoms with Crippen LogP contribution in [0.25, 0.3) is 0 Å². The molecule has 1 heterocycles. The lowest BCUT2D eigenvalue weighted by Crippen LogP contribution is -1.86. The highest BCUT2D eigenvalue weighted by atomic mass is 32.2. The predicted octanol–water partition coefficient (Wildman–Crippen LogP) is 2.20. The molecule has 68 valence electrons. The fourth-order valence-electron chi connectivity index (χ4n) is 0.902. The van der Waals surface area contributed by atoms with Gasteiger partial charge in [-0.1, -0.05) is 0 Å². The molecule has 3 heteroatoms. The van der Waals surface area contributed by atoms with Gasteiger partial charge >= 0.3 is 0 Å². The molecule has 0 saturated heterocycles. The number of rotatable bonds is 5. The molecule has 1 rings (SSSR count). The van der Waals surface area contributed by atoms with Crippen molar-refractivity contribution in [2.75, 3.05) is 12.4 Å². The van der Waals surface area contributed by atoms with Gasteiger partial charge in [0, 0.05) is 6.61 Å². The Morgan fingerprint density at radius 1 is 1.50 bits per heavy atom. The predicted molar refractivity (Wildman–Crippen MR) is 51.3 cm³/mol. The minimum atomic E-state index is 0.282. The summed E-state index contributed by atoms with van der Waals surface area (Å²) < 4.78 is 5.38. The zero-order chi connectivity index (χ0) is 8.81. The summed E-state index contributed by atoms with van der Waals surface area (Å²) in [5.74, 6) is 3.90. The van der Waals surface area contributed by atoms with Gasteiger partial charge in [-0.2, -0.15) is 11.8 Å². The van der Waals surface area contributed by atoms with E-state index < -0.39 is 0 Å². The molecule has 0 bridgehead atoms. The highest BCUT2D eigenvalue weighted by Gasteiger charge is 1.97. The summed E-state index contributed by atoms with van der Waals surface area (Å²) in [5, 5.41) is 8.53. The zero-order valence-electron chi connectivity index (χ0n) is 7.25. The Morgan fingerprint density at radius 2 is 2.33 bits per heavy atom. The van der Waals surface area contributed by atoms with Gasteiger partial charge < -0.3 is 9.52 Å². The zero-order valence-corrected chi connectivity index (χ0v) is 8.06. The van der Waals surface area contributed by atoms with Crippen LogP contribution >= 0.6 is 11.8 Å². The van der Waals surface area contributed by atoms with E-state index in [9.17, 15) is 0 Å². The van der Waals surface area contributed by atoms with E-state index in [0.717, 1.165) is 29.4 Å². The molecule has 0 aliphatic heterocycles. The first kappa shape index (κ1) is 9.68. The van der Waals surface area contributed by atoms with Crippen molar-refractivity contribution < 1.29 is 9.52 Å². The third-order valence-electron chi connectivity index (χ3n) is 1.49. The summed E-state index contributed by atoms with van der Waals surface area (Å²) in [6.45, 7) is 2.23. The Labute approximate surface area is 77.0 Å². The van der Waals surface area contributed by atoms with Crippen LogP contribution in [-0.2, 0) is 5.75 Å². The van der Waals surface area contributed by atoms with Gasteiger partial charge in [-0.25, -0.2) is 0 Å². The molecule has 0 saturated carbocycles. The SMILES string of the molecule is Cc1ccc(CSCCCO)o1. The first-order valence-corrected chi connectivity index (χ1v) is 5.22. The van der Waals surface area contributed by atoms with Gasteiger partial charge in [0.2, 0.25) is 0 Å². The number of hydrogen-bond donors (Lipinski definition) is 1. The highest BCUT2D eigenvalue weighted by molar-refractivity contribution is 7.98. The van der Waals surface area contributed by atoms with E-state index >= 15 is 0 Å². The highest BCUT2D eigenvalue weighted by Crippen LogP contribution is 2.15. The fraction of sp³-hybridized carbons (Fsp3) is 0.556. The Morgan fingerprint density at radius 3 is 2.92 bits per heavy atom. The number of aryl methyl sites for hydroxylation is 1. The molecule has 0 amide bonds. The second-order valence-electron chi connectivity index (χ2n) is 2.64. The van der Waals surface area contributed by atoms with Crippen molar-refractivity contribution in [1.29, 1.82) is 0 Å². The minimum absolute atomic E-state index is 0.282. The lowest BCUT2D eigenvalue weighted by Gasteiger charge is -1.96. The van der Waals surface area contributed by atoms with Crippen molar-refractivity contribution in [2.45, 2.75) is 19.1 Å². The molecule has 0 aliphatic rings. The fourth-order valence-corrected chi connectivity index (χ4v) is 1.74. The molecular formula is C9H14O2S. The number of hydrogen-bond acceptors (Lipinski definition) is 3. The Balaban J connectivity index is 2.15. The van der Waals surface area contributed by atoms with Crippen LogP contribution in [0.5, 0.6) is 0 Å². The third kappa shape index (κ3) is 3.32. The largest absolute Gasteiger partial charge is 0.466 e. The molecule has 0 unspecified atom stereocenters. The quantitative estimate of drug-likeness (QED) is 0.716. The van der Waals surface area contributed by atoms with E-state index in [-0.39, 0.29) is 6.61 Å². The molecular weight excluding hydrogens is 172 g/mol. The Hall–Kier alpha value is -0.410.